The first-order chi connectivity index (χ1) is 11.2. The molecule has 1 saturated heterocycles. The number of benzene rings is 1. The molecule has 2 nitrogen and oxygen atoms in total. The largest absolute Gasteiger partial charge is 0.370 e. The van der Waals surface area contributed by atoms with E-state index in [9.17, 15) is 4.39 Å². The Bertz CT molecular complexity index is 696. The molecule has 0 bridgehead atoms. The van der Waals surface area contributed by atoms with Crippen LogP contribution in [0, 0.1) is 5.82 Å². The first-order valence-corrected chi connectivity index (χ1v) is 9.27. The van der Waals surface area contributed by atoms with Crippen molar-refractivity contribution in [3.63, 3.8) is 0 Å². The van der Waals surface area contributed by atoms with Crippen LogP contribution >= 0.6 is 11.3 Å². The van der Waals surface area contributed by atoms with Gasteiger partial charge in [-0.05, 0) is 48.7 Å². The summed E-state index contributed by atoms with van der Waals surface area (Å²) in [5.41, 5.74) is 2.40. The van der Waals surface area contributed by atoms with Crippen molar-refractivity contribution in [2.75, 3.05) is 13.2 Å². The van der Waals surface area contributed by atoms with Gasteiger partial charge in [-0.25, -0.2) is 4.39 Å². The van der Waals surface area contributed by atoms with Crippen LogP contribution in [0.1, 0.15) is 46.7 Å². The van der Waals surface area contributed by atoms with Crippen molar-refractivity contribution < 1.29 is 9.13 Å². The van der Waals surface area contributed by atoms with Gasteiger partial charge in [0, 0.05) is 28.6 Å². The lowest BCUT2D eigenvalue weighted by molar-refractivity contribution is -0.0889. The molecule has 2 aromatic rings. The third kappa shape index (κ3) is 2.73. The van der Waals surface area contributed by atoms with Crippen LogP contribution in [-0.2, 0) is 23.2 Å². The molecule has 0 amide bonds. The topological polar surface area (TPSA) is 21.3 Å². The lowest BCUT2D eigenvalue weighted by Gasteiger charge is -2.44. The minimum atomic E-state index is -0.180. The number of thiophene rings is 1. The van der Waals surface area contributed by atoms with Crippen LogP contribution in [0.25, 0.3) is 0 Å². The predicted molar refractivity (Wildman–Crippen MR) is 91.4 cm³/mol. The molecule has 4 heteroatoms. The maximum absolute atomic E-state index is 13.2. The van der Waals surface area contributed by atoms with Crippen LogP contribution in [0.15, 0.2) is 30.3 Å². The highest BCUT2D eigenvalue weighted by Gasteiger charge is 2.43. The van der Waals surface area contributed by atoms with Crippen molar-refractivity contribution in [2.45, 2.75) is 44.2 Å². The summed E-state index contributed by atoms with van der Waals surface area (Å²) >= 11 is 1.95. The van der Waals surface area contributed by atoms with Crippen molar-refractivity contribution in [3.8, 4) is 0 Å². The van der Waals surface area contributed by atoms with Crippen LogP contribution in [0.5, 0.6) is 0 Å². The Morgan fingerprint density at radius 3 is 2.96 bits per heavy atom. The van der Waals surface area contributed by atoms with Gasteiger partial charge in [0.05, 0.1) is 12.2 Å². The Kier molecular flexibility index (Phi) is 4.00. The molecule has 0 aliphatic carbocycles. The van der Waals surface area contributed by atoms with E-state index in [0.29, 0.717) is 0 Å². The Labute approximate surface area is 140 Å². The Balaban J connectivity index is 1.67. The maximum Gasteiger partial charge on any atom is 0.123 e. The molecule has 1 spiro atoms. The Hall–Kier alpha value is -1.23. The Morgan fingerprint density at radius 2 is 2.17 bits per heavy atom. The van der Waals surface area contributed by atoms with E-state index >= 15 is 0 Å². The predicted octanol–water partition coefficient (Wildman–Crippen LogP) is 4.34. The third-order valence-corrected chi connectivity index (χ3v) is 6.47. The van der Waals surface area contributed by atoms with E-state index in [1.807, 2.05) is 23.5 Å². The summed E-state index contributed by atoms with van der Waals surface area (Å²) in [6, 6.07) is 9.46. The quantitative estimate of drug-likeness (QED) is 0.884. The van der Waals surface area contributed by atoms with Gasteiger partial charge in [0.1, 0.15) is 5.82 Å². The summed E-state index contributed by atoms with van der Waals surface area (Å²) in [6.45, 7) is 3.96. The van der Waals surface area contributed by atoms with Gasteiger partial charge in [-0.3, -0.25) is 0 Å². The van der Waals surface area contributed by atoms with Gasteiger partial charge >= 0.3 is 0 Å². The first-order valence-electron chi connectivity index (χ1n) is 8.45. The van der Waals surface area contributed by atoms with Gasteiger partial charge in [0.2, 0.25) is 0 Å². The van der Waals surface area contributed by atoms with Crippen LogP contribution in [0.3, 0.4) is 0 Å². The van der Waals surface area contributed by atoms with Gasteiger partial charge in [-0.1, -0.05) is 19.1 Å². The van der Waals surface area contributed by atoms with E-state index in [0.717, 1.165) is 44.4 Å². The minimum absolute atomic E-state index is 0.165. The SMILES string of the molecule is CCc1cc2c(s1)CCOC21CCNC(c2ccc(F)cc2)C1. The van der Waals surface area contributed by atoms with E-state index in [1.54, 1.807) is 12.1 Å². The fourth-order valence-corrected chi connectivity index (χ4v) is 5.08. The monoisotopic (exact) mass is 331 g/mol. The van der Waals surface area contributed by atoms with E-state index in [1.165, 1.54) is 15.3 Å². The standard InChI is InChI=1S/C19H22FNOS/c1-2-15-11-16-18(23-15)7-10-22-19(16)8-9-21-17(12-19)13-3-5-14(20)6-4-13/h3-6,11,17,21H,2,7-10,12H2,1H3. The average molecular weight is 331 g/mol. The number of halogens is 1. The normalized spacial score (nSPS) is 27.1. The summed E-state index contributed by atoms with van der Waals surface area (Å²) < 4.78 is 19.6. The lowest BCUT2D eigenvalue weighted by atomic mass is 9.78. The number of rotatable bonds is 2. The summed E-state index contributed by atoms with van der Waals surface area (Å²) in [5.74, 6) is -0.180. The van der Waals surface area contributed by atoms with E-state index in [-0.39, 0.29) is 17.5 Å². The summed E-state index contributed by atoms with van der Waals surface area (Å²) in [5, 5.41) is 3.58. The van der Waals surface area contributed by atoms with Crippen molar-refractivity contribution in [1.82, 2.24) is 5.32 Å². The smallest absolute Gasteiger partial charge is 0.123 e. The average Bonchev–Trinajstić information content (AvgIpc) is 3.01. The third-order valence-electron chi connectivity index (χ3n) is 5.13. The molecule has 1 aromatic carbocycles. The molecular formula is C19H22FNOS. The van der Waals surface area contributed by atoms with Gasteiger partial charge in [0.15, 0.2) is 0 Å². The summed E-state index contributed by atoms with van der Waals surface area (Å²) in [6.07, 6.45) is 4.06. The number of piperidine rings is 1. The van der Waals surface area contributed by atoms with Crippen LogP contribution in [-0.4, -0.2) is 13.2 Å². The molecule has 1 aromatic heterocycles. The number of hydrogen-bond donors (Lipinski definition) is 1. The van der Waals surface area contributed by atoms with Gasteiger partial charge < -0.3 is 10.1 Å². The molecule has 0 saturated carbocycles. The summed E-state index contributed by atoms with van der Waals surface area (Å²) in [4.78, 5) is 2.96. The molecule has 4 rings (SSSR count). The molecule has 2 atom stereocenters. The van der Waals surface area contributed by atoms with Crippen molar-refractivity contribution >= 4 is 11.3 Å². The second-order valence-electron chi connectivity index (χ2n) is 6.51. The molecular weight excluding hydrogens is 309 g/mol. The number of fused-ring (bicyclic) bond motifs is 2. The van der Waals surface area contributed by atoms with Crippen molar-refractivity contribution in [3.05, 3.63) is 57.0 Å². The maximum atomic E-state index is 13.2. The van der Waals surface area contributed by atoms with Crippen molar-refractivity contribution in [1.29, 1.82) is 0 Å². The lowest BCUT2D eigenvalue weighted by Crippen LogP contribution is -2.45. The molecule has 122 valence electrons. The molecule has 3 heterocycles. The molecule has 2 unspecified atom stereocenters. The summed E-state index contributed by atoms with van der Waals surface area (Å²) in [7, 11) is 0. The second kappa shape index (κ2) is 6.00. The number of aryl methyl sites for hydroxylation is 1. The second-order valence-corrected chi connectivity index (χ2v) is 7.73. The zero-order chi connectivity index (χ0) is 15.9. The zero-order valence-electron chi connectivity index (χ0n) is 13.4. The minimum Gasteiger partial charge on any atom is -0.370 e. The highest BCUT2D eigenvalue weighted by atomic mass is 32.1. The van der Waals surface area contributed by atoms with Crippen LogP contribution in [0.2, 0.25) is 0 Å². The molecule has 2 aliphatic rings. The van der Waals surface area contributed by atoms with Gasteiger partial charge in [0.25, 0.3) is 0 Å². The highest BCUT2D eigenvalue weighted by Crippen LogP contribution is 2.47. The number of hydrogen-bond acceptors (Lipinski definition) is 3. The number of nitrogens with one attached hydrogen (secondary N) is 1. The number of ether oxygens (including phenoxy) is 1. The zero-order valence-corrected chi connectivity index (χ0v) is 14.2. The van der Waals surface area contributed by atoms with Gasteiger partial charge in [-0.2, -0.15) is 0 Å². The fraction of sp³-hybridized carbons (Fsp3) is 0.474. The van der Waals surface area contributed by atoms with E-state index in [4.69, 9.17) is 4.74 Å². The first kappa shape index (κ1) is 15.3. The van der Waals surface area contributed by atoms with E-state index in [2.05, 4.69) is 18.3 Å². The molecule has 2 aliphatic heterocycles. The van der Waals surface area contributed by atoms with Crippen LogP contribution in [0.4, 0.5) is 4.39 Å². The fourth-order valence-electron chi connectivity index (χ4n) is 3.91. The van der Waals surface area contributed by atoms with Gasteiger partial charge in [-0.15, -0.1) is 11.3 Å². The molecule has 23 heavy (non-hydrogen) atoms. The molecule has 0 radical (unpaired) electrons. The van der Waals surface area contributed by atoms with Crippen molar-refractivity contribution in [2.24, 2.45) is 0 Å². The highest BCUT2D eigenvalue weighted by molar-refractivity contribution is 7.12. The molecule has 1 N–H and O–H groups in total. The van der Waals surface area contributed by atoms with E-state index < -0.39 is 0 Å². The Morgan fingerprint density at radius 1 is 1.35 bits per heavy atom. The van der Waals surface area contributed by atoms with Crippen LogP contribution < -0.4 is 5.32 Å². The molecule has 1 fully saturated rings.